The van der Waals surface area contributed by atoms with Crippen LogP contribution >= 0.6 is 31.9 Å². The van der Waals surface area contributed by atoms with E-state index in [2.05, 4.69) is 52.9 Å². The van der Waals surface area contributed by atoms with Crippen LogP contribution in [-0.2, 0) is 108 Å². The molecule has 0 spiro atoms. The maximum atomic E-state index is 13.7. The van der Waals surface area contributed by atoms with Crippen LogP contribution < -0.4 is 30.9 Å². The molecule has 5 fully saturated rings. The third kappa shape index (κ3) is 23.8. The molecule has 9 aliphatic rings. The number of nitrogens with two attached hydrogens (primary N) is 1. The molecule has 702 valence electrons. The van der Waals surface area contributed by atoms with Gasteiger partial charge in [0.05, 0.1) is 73.9 Å². The number of carboxylic acid groups (broad SMARTS) is 2. The number of alkyl halides is 5. The number of halogens is 7. The van der Waals surface area contributed by atoms with Crippen molar-refractivity contribution in [3.05, 3.63) is 234 Å². The summed E-state index contributed by atoms with van der Waals surface area (Å²) in [6.45, 7) is 23.0. The Morgan fingerprint density at radius 3 is 1.15 bits per heavy atom. The Morgan fingerprint density at radius 2 is 0.741 bits per heavy atom. The number of carbonyl (C=O) groups is 9. The number of aromatic nitrogens is 3. The van der Waals surface area contributed by atoms with Crippen molar-refractivity contribution in [2.45, 2.75) is 224 Å². The number of ketones is 5. The SMILES string of the molecule is CC1(C)OB(B2OC(C)(C)C(C)(C)O2)OC1(C)C.CC1(C)OB(c2ccc3c(c2)CC(=O)C3)OC1(C)C.N#C[C@@H]1CC(F)(F)CN1C(=O)CCC(=O)c1ccnc2ccc(-c3ccc4c(c3)CC(=O)C4)cc12.N#C[C@@H]1CC(F)(F)CN1C(=O)CC[I-]N.O=C(O)c1ccnc2ccc(Br)cc12.O=C1Cc2ccc(-c3ccc4nccc(C(=O)O)c4c3)cc2C1.O=C1Cc2ccc(Br)cc2C1. The smallest absolute Gasteiger partial charge is 0.336 e. The van der Waals surface area contributed by atoms with E-state index in [9.17, 15) is 65.8 Å². The number of pyridine rings is 3. The van der Waals surface area contributed by atoms with Crippen molar-refractivity contribution in [2.75, 3.05) is 17.5 Å². The van der Waals surface area contributed by atoms with Crippen LogP contribution in [-0.4, -0.2) is 184 Å². The average Bonchev–Trinajstić information content (AvgIpc) is 1.39. The number of hydrogen-bond donors (Lipinski definition) is 3. The molecule has 7 aromatic carbocycles. The fourth-order valence-electron chi connectivity index (χ4n) is 16.8. The summed E-state index contributed by atoms with van der Waals surface area (Å²) in [4.78, 5) is 120. The number of nitriles is 2. The number of rotatable bonds is 13. The minimum Gasteiger partial charge on any atom is -0.478 e. The predicted octanol–water partition coefficient (Wildman–Crippen LogP) is 13.4. The molecule has 10 aromatic rings. The van der Waals surface area contributed by atoms with Crippen LogP contribution in [0.4, 0.5) is 17.6 Å². The van der Waals surface area contributed by atoms with Crippen LogP contribution in [0.1, 0.15) is 191 Å². The second-order valence-corrected chi connectivity index (χ2v) is 41.4. The summed E-state index contributed by atoms with van der Waals surface area (Å²) < 4.78 is 96.9. The Bertz CT molecular complexity index is 6390. The molecular weight excluding hydrogens is 1980 g/mol. The molecule has 0 saturated carbocycles. The molecule has 25 nitrogen and oxygen atoms in total. The molecule has 135 heavy (non-hydrogen) atoms. The zero-order valence-electron chi connectivity index (χ0n) is 76.7. The molecule has 2 atom stereocenters. The third-order valence-electron chi connectivity index (χ3n) is 26.3. The van der Waals surface area contributed by atoms with Crippen molar-refractivity contribution >= 4 is 144 Å². The van der Waals surface area contributed by atoms with Crippen molar-refractivity contribution in [2.24, 2.45) is 3.95 Å². The number of aromatic carboxylic acids is 2. The van der Waals surface area contributed by atoms with Gasteiger partial charge in [0.15, 0.2) is 5.78 Å². The van der Waals surface area contributed by atoms with Crippen LogP contribution in [0.3, 0.4) is 0 Å². The van der Waals surface area contributed by atoms with Crippen molar-refractivity contribution in [3.63, 3.8) is 0 Å². The van der Waals surface area contributed by atoms with Crippen molar-refractivity contribution < 1.29 is 120 Å². The maximum Gasteiger partial charge on any atom is 0.336 e. The molecule has 35 heteroatoms. The molecular formula is C100H101B3Br2F4IN8O17-. The van der Waals surface area contributed by atoms with Crippen LogP contribution in [0.2, 0.25) is 0 Å². The first-order chi connectivity index (χ1) is 63.4. The van der Waals surface area contributed by atoms with Gasteiger partial charge in [0, 0.05) is 120 Å². The Hall–Kier alpha value is -10.7. The molecule has 5 saturated heterocycles. The van der Waals surface area contributed by atoms with E-state index in [1.807, 2.05) is 192 Å². The van der Waals surface area contributed by atoms with Crippen molar-refractivity contribution in [1.82, 2.24) is 24.8 Å². The van der Waals surface area contributed by atoms with Gasteiger partial charge in [-0.3, -0.25) is 43.7 Å². The van der Waals surface area contributed by atoms with Gasteiger partial charge < -0.3 is 43.0 Å². The van der Waals surface area contributed by atoms with Crippen molar-refractivity contribution in [3.8, 4) is 34.4 Å². The van der Waals surface area contributed by atoms with Gasteiger partial charge in [-0.2, -0.15) is 5.26 Å². The first-order valence-electron chi connectivity index (χ1n) is 44.0. The Morgan fingerprint density at radius 1 is 0.422 bits per heavy atom. The van der Waals surface area contributed by atoms with Gasteiger partial charge in [0.2, 0.25) is 5.91 Å². The zero-order chi connectivity index (χ0) is 98.0. The normalized spacial score (nSPS) is 19.7. The van der Waals surface area contributed by atoms with Gasteiger partial charge in [0.1, 0.15) is 29.2 Å². The Balaban J connectivity index is 0.000000138. The maximum absolute atomic E-state index is 13.7. The first kappa shape index (κ1) is 102. The molecule has 4 aliphatic carbocycles. The van der Waals surface area contributed by atoms with E-state index in [0.717, 1.165) is 79.8 Å². The number of carbonyl (C=O) groups excluding carboxylic acids is 7. The molecule has 0 radical (unpaired) electrons. The van der Waals surface area contributed by atoms with Gasteiger partial charge in [-0.05, 0) is 228 Å². The first-order valence-corrected chi connectivity index (χ1v) is 48.3. The van der Waals surface area contributed by atoms with Gasteiger partial charge in [-0.1, -0.05) is 105 Å². The van der Waals surface area contributed by atoms with E-state index in [1.54, 1.807) is 30.3 Å². The van der Waals surface area contributed by atoms with E-state index in [4.69, 9.17) is 47.5 Å². The number of fused-ring (bicyclic) bond motifs is 7. The van der Waals surface area contributed by atoms with Crippen molar-refractivity contribution in [1.29, 1.82) is 10.5 Å². The minimum atomic E-state index is -3.09. The number of nitrogens with zero attached hydrogens (tertiary/aromatic N) is 7. The molecule has 0 unspecified atom stereocenters. The molecule has 3 aromatic heterocycles. The molecule has 19 rings (SSSR count). The average molecular weight is 2080 g/mol. The summed E-state index contributed by atoms with van der Waals surface area (Å²) in [7, 11) is -1.29. The zero-order valence-corrected chi connectivity index (χ0v) is 82.0. The summed E-state index contributed by atoms with van der Waals surface area (Å²) in [5, 5.41) is 37.9. The Kier molecular flexibility index (Phi) is 30.8. The van der Waals surface area contributed by atoms with E-state index < -0.39 is 103 Å². The minimum absolute atomic E-state index is 0.163. The summed E-state index contributed by atoms with van der Waals surface area (Å²) in [5.41, 5.74) is 14.3. The van der Waals surface area contributed by atoms with Crippen LogP contribution in [0.15, 0.2) is 173 Å². The second-order valence-electron chi connectivity index (χ2n) is 37.6. The number of likely N-dealkylation sites (tertiary alicyclic amines) is 2. The largest absolute Gasteiger partial charge is 0.478 e. The molecule has 0 bridgehead atoms. The van der Waals surface area contributed by atoms with Gasteiger partial charge in [-0.25, -0.2) is 18.4 Å². The summed E-state index contributed by atoms with van der Waals surface area (Å²) in [6.07, 6.45) is 7.29. The Labute approximate surface area is 808 Å². The standard InChI is InChI=1S/C27H21F2N3O3.C19H13NO3.C15H19BO3.C12H24B2O4.C10H6BrNO2.C9H7BrO.C8H11F2IN3O/c28-27(29)13-20(14-30)32(15-27)26(35)6-5-25(34)22-7-8-31-24-4-3-18(12-23(22)24)16-1-2-17-10-21(33)11-19(17)9-16;21-15-8-12-2-1-11(7-14(12)9-15)13-3-4-18-17(10-13)16(19(22)23)5-6-20-18;1-14(2)15(3,4)19-16(18-14)12-6-5-10-8-13(17)9-11(10)7-12;1-9(2)10(3,4)16-13(15-9)14-17-11(5,6)12(7,8)18-14;11-6-1-2-9-8(5-6)7(10(13)14)3-4-12-9;10-8-2-1-6-4-9(11)5-7(6)3-8;9-8(10)3-6(4-12)14(5-8)7(15)1-2-11-13/h1-4,7-9,12,20H,5-6,10-11,13,15H2;1-7,10H,8-9H2,(H,22,23);5-7H,8-9H2,1-4H3;1-8H3;1-5H,(H,13,14);1-3H,4-5H2;6H,1-3,5,13H2/q;;;;;;-1/t20-;;;;;;6-/m0.....0/s1. The molecule has 2 amide bonds. The van der Waals surface area contributed by atoms with E-state index in [1.165, 1.54) is 41.9 Å². The third-order valence-corrected chi connectivity index (χ3v) is 28.4. The molecule has 8 heterocycles. The topological polar surface area (TPSA) is 368 Å². The molecule has 4 N–H and O–H groups in total. The number of Topliss-reactive ketones (excluding diaryl/α,β-unsaturated/α-hetero) is 5. The fourth-order valence-corrected chi connectivity index (χ4v) is 18.4. The van der Waals surface area contributed by atoms with Crippen LogP contribution in [0.25, 0.3) is 55.0 Å². The predicted molar refractivity (Wildman–Crippen MR) is 504 cm³/mol. The second kappa shape index (κ2) is 40.9. The van der Waals surface area contributed by atoms with Gasteiger partial charge in [0.25, 0.3) is 5.92 Å². The van der Waals surface area contributed by atoms with E-state index in [0.29, 0.717) is 106 Å². The summed E-state index contributed by atoms with van der Waals surface area (Å²) in [6, 6.07) is 46.5. The number of benzene rings is 7. The van der Waals surface area contributed by atoms with Crippen LogP contribution in [0, 0.1) is 22.7 Å². The van der Waals surface area contributed by atoms with Gasteiger partial charge >= 0.3 is 130 Å². The number of amides is 2. The van der Waals surface area contributed by atoms with Crippen LogP contribution in [0.5, 0.6) is 0 Å². The fraction of sp³-hybridized carbons (Fsp3) is 0.380. The summed E-state index contributed by atoms with van der Waals surface area (Å²) >= 11 is 6.17. The number of hydrogen-bond acceptors (Lipinski definition) is 21. The van der Waals surface area contributed by atoms with E-state index >= 15 is 0 Å². The van der Waals surface area contributed by atoms with E-state index in [-0.39, 0.29) is 94.4 Å². The molecule has 5 aliphatic heterocycles. The van der Waals surface area contributed by atoms with Gasteiger partial charge in [-0.15, -0.1) is 0 Å². The summed E-state index contributed by atoms with van der Waals surface area (Å²) in [5.74, 6) is -8.17. The monoisotopic (exact) mass is 2080 g/mol. The quantitative estimate of drug-likeness (QED) is 0.0241. The number of carboxylic acids is 2.